The molecule has 1 saturated carbocycles. The lowest BCUT2D eigenvalue weighted by molar-refractivity contribution is 0.221. The maximum atomic E-state index is 2.75. The molecule has 4 heteroatoms. The van der Waals surface area contributed by atoms with Crippen molar-refractivity contribution in [2.24, 2.45) is 11.8 Å². The van der Waals surface area contributed by atoms with E-state index in [4.69, 9.17) is 0 Å². The van der Waals surface area contributed by atoms with Gasteiger partial charge in [0.2, 0.25) is 0 Å². The largest absolute Gasteiger partial charge is 0.306 e. The topological polar surface area (TPSA) is 6.48 Å². The Labute approximate surface area is 319 Å². The van der Waals surface area contributed by atoms with Gasteiger partial charge in [-0.2, -0.15) is 0 Å². The van der Waals surface area contributed by atoms with Crippen LogP contribution in [-0.2, 0) is 0 Å². The molecule has 3 atom stereocenters. The maximum Gasteiger partial charge on any atom is 0.0165 e. The third-order valence-corrected chi connectivity index (χ3v) is 14.0. The Balaban J connectivity index is 2.12. The SMILES string of the molecule is CCCCCCCCCCCN(C)CCSSCCN(C)C(CCCCCCCCC)CCCCCCCC1CC1CCCCCCCC. The molecule has 0 aromatic carbocycles. The summed E-state index contributed by atoms with van der Waals surface area (Å²) in [5, 5.41) is 0. The van der Waals surface area contributed by atoms with Crippen LogP contribution in [-0.4, -0.2) is 61.1 Å². The van der Waals surface area contributed by atoms with Crippen LogP contribution in [0.15, 0.2) is 0 Å². The number of hydrogen-bond donors (Lipinski definition) is 0. The molecule has 1 aliphatic carbocycles. The maximum absolute atomic E-state index is 2.75. The molecule has 2 nitrogen and oxygen atoms in total. The minimum absolute atomic E-state index is 0.804. The van der Waals surface area contributed by atoms with E-state index in [1.807, 2.05) is 0 Å². The van der Waals surface area contributed by atoms with Crippen molar-refractivity contribution in [3.8, 4) is 0 Å². The molecule has 1 aliphatic rings. The second kappa shape index (κ2) is 37.0. The molecular formula is C45H92N2S2. The van der Waals surface area contributed by atoms with E-state index in [0.29, 0.717) is 0 Å². The van der Waals surface area contributed by atoms with Crippen molar-refractivity contribution in [3.05, 3.63) is 0 Å². The van der Waals surface area contributed by atoms with E-state index in [2.05, 4.69) is 66.3 Å². The summed E-state index contributed by atoms with van der Waals surface area (Å²) in [7, 11) is 9.01. The molecule has 1 fully saturated rings. The molecule has 0 aliphatic heterocycles. The Bertz CT molecular complexity index is 646. The van der Waals surface area contributed by atoms with Crippen molar-refractivity contribution >= 4 is 21.6 Å². The van der Waals surface area contributed by atoms with Gasteiger partial charge in [-0.25, -0.2) is 0 Å². The van der Waals surface area contributed by atoms with Crippen LogP contribution in [0.2, 0.25) is 0 Å². The van der Waals surface area contributed by atoms with Crippen molar-refractivity contribution in [2.75, 3.05) is 45.2 Å². The summed E-state index contributed by atoms with van der Waals surface area (Å²) in [6.45, 7) is 10.7. The average molecular weight is 725 g/mol. The van der Waals surface area contributed by atoms with Crippen molar-refractivity contribution in [2.45, 2.75) is 232 Å². The monoisotopic (exact) mass is 725 g/mol. The second-order valence-corrected chi connectivity index (χ2v) is 19.2. The first-order valence-corrected chi connectivity index (χ1v) is 25.2. The van der Waals surface area contributed by atoms with E-state index in [1.165, 1.54) is 224 Å². The molecule has 0 radical (unpaired) electrons. The molecule has 1 rings (SSSR count). The highest BCUT2D eigenvalue weighted by Gasteiger charge is 2.35. The van der Waals surface area contributed by atoms with Crippen molar-refractivity contribution < 1.29 is 0 Å². The minimum Gasteiger partial charge on any atom is -0.306 e. The highest BCUT2D eigenvalue weighted by Crippen LogP contribution is 2.45. The lowest BCUT2D eigenvalue weighted by Crippen LogP contribution is -2.33. The molecular weight excluding hydrogens is 633 g/mol. The third-order valence-electron chi connectivity index (χ3n) is 11.7. The van der Waals surface area contributed by atoms with Gasteiger partial charge in [-0.3, -0.25) is 0 Å². The molecule has 0 spiro atoms. The van der Waals surface area contributed by atoms with E-state index in [9.17, 15) is 0 Å². The number of rotatable bonds is 41. The number of hydrogen-bond acceptors (Lipinski definition) is 4. The van der Waals surface area contributed by atoms with Gasteiger partial charge >= 0.3 is 0 Å². The smallest absolute Gasteiger partial charge is 0.0165 e. The molecule has 0 bridgehead atoms. The van der Waals surface area contributed by atoms with Crippen molar-refractivity contribution in [1.29, 1.82) is 0 Å². The Morgan fingerprint density at radius 2 is 0.796 bits per heavy atom. The molecule has 294 valence electrons. The van der Waals surface area contributed by atoms with Crippen LogP contribution in [0.4, 0.5) is 0 Å². The van der Waals surface area contributed by atoms with Gasteiger partial charge in [0.05, 0.1) is 0 Å². The highest BCUT2D eigenvalue weighted by atomic mass is 33.1. The zero-order chi connectivity index (χ0) is 35.5. The zero-order valence-corrected chi connectivity index (χ0v) is 36.2. The van der Waals surface area contributed by atoms with Crippen LogP contribution >= 0.6 is 21.6 Å². The fraction of sp³-hybridized carbons (Fsp3) is 1.00. The molecule has 0 N–H and O–H groups in total. The van der Waals surface area contributed by atoms with Crippen LogP contribution in [0.3, 0.4) is 0 Å². The van der Waals surface area contributed by atoms with Gasteiger partial charge in [0.15, 0.2) is 0 Å². The van der Waals surface area contributed by atoms with Crippen molar-refractivity contribution in [3.63, 3.8) is 0 Å². The van der Waals surface area contributed by atoms with E-state index in [0.717, 1.165) is 17.9 Å². The summed E-state index contributed by atoms with van der Waals surface area (Å²) < 4.78 is 0. The van der Waals surface area contributed by atoms with Gasteiger partial charge in [-0.05, 0) is 58.2 Å². The van der Waals surface area contributed by atoms with E-state index < -0.39 is 0 Å². The molecule has 49 heavy (non-hydrogen) atoms. The lowest BCUT2D eigenvalue weighted by atomic mass is 9.98. The average Bonchev–Trinajstić information content (AvgIpc) is 3.86. The second-order valence-electron chi connectivity index (χ2n) is 16.5. The first-order chi connectivity index (χ1) is 24.1. The van der Waals surface area contributed by atoms with Crippen LogP contribution in [0.5, 0.6) is 0 Å². The zero-order valence-electron chi connectivity index (χ0n) is 34.6. The fourth-order valence-corrected chi connectivity index (χ4v) is 10.1. The van der Waals surface area contributed by atoms with E-state index >= 15 is 0 Å². The van der Waals surface area contributed by atoms with Gasteiger partial charge in [-0.15, -0.1) is 0 Å². The molecule has 0 heterocycles. The van der Waals surface area contributed by atoms with Crippen molar-refractivity contribution in [1.82, 2.24) is 9.80 Å². The third kappa shape index (κ3) is 31.8. The van der Waals surface area contributed by atoms with Gasteiger partial charge in [-0.1, -0.05) is 222 Å². The summed E-state index contributed by atoms with van der Waals surface area (Å²) in [5.41, 5.74) is 0. The van der Waals surface area contributed by atoms with Crippen LogP contribution < -0.4 is 0 Å². The summed E-state index contributed by atoms with van der Waals surface area (Å²) in [4.78, 5) is 5.32. The Kier molecular flexibility index (Phi) is 35.9. The summed E-state index contributed by atoms with van der Waals surface area (Å²) in [6.07, 6.45) is 46.5. The van der Waals surface area contributed by atoms with E-state index in [1.54, 1.807) is 12.8 Å². The summed E-state index contributed by atoms with van der Waals surface area (Å²) >= 11 is 0. The van der Waals surface area contributed by atoms with Gasteiger partial charge in [0.25, 0.3) is 0 Å². The highest BCUT2D eigenvalue weighted by molar-refractivity contribution is 8.76. The first-order valence-electron chi connectivity index (χ1n) is 22.7. The van der Waals surface area contributed by atoms with Crippen LogP contribution in [0, 0.1) is 11.8 Å². The van der Waals surface area contributed by atoms with Crippen LogP contribution in [0.25, 0.3) is 0 Å². The molecule has 3 unspecified atom stereocenters. The van der Waals surface area contributed by atoms with Gasteiger partial charge < -0.3 is 9.80 Å². The molecule has 0 amide bonds. The molecule has 0 saturated heterocycles. The summed E-state index contributed by atoms with van der Waals surface area (Å²) in [6, 6.07) is 0.804. The molecule has 0 aromatic heterocycles. The Morgan fingerprint density at radius 3 is 1.24 bits per heavy atom. The predicted octanol–water partition coefficient (Wildman–Crippen LogP) is 15.4. The first kappa shape index (κ1) is 47.6. The lowest BCUT2D eigenvalue weighted by Gasteiger charge is -2.28. The fourth-order valence-electron chi connectivity index (χ4n) is 7.92. The number of unbranched alkanes of at least 4 members (excludes halogenated alkanes) is 23. The minimum atomic E-state index is 0.804. The Hall–Kier alpha value is 0.620. The number of nitrogens with zero attached hydrogens (tertiary/aromatic N) is 2. The molecule has 0 aromatic rings. The van der Waals surface area contributed by atoms with Gasteiger partial charge in [0, 0.05) is 30.6 Å². The summed E-state index contributed by atoms with van der Waals surface area (Å²) in [5.74, 6) is 4.76. The predicted molar refractivity (Wildman–Crippen MR) is 231 cm³/mol. The van der Waals surface area contributed by atoms with E-state index in [-0.39, 0.29) is 0 Å². The quantitative estimate of drug-likeness (QED) is 0.0457. The standard InChI is InChI=1S/C45H92N2S2/c1-6-9-12-15-18-19-21-27-32-37-46(4)38-40-48-49-41-39-47(5)45(35-30-25-20-16-13-10-7-2)36-31-26-22-24-29-34-44-42-43(44)33-28-23-17-14-11-8-3/h43-45H,6-42H2,1-5H3. The Morgan fingerprint density at radius 1 is 0.429 bits per heavy atom. The van der Waals surface area contributed by atoms with Crippen LogP contribution in [0.1, 0.15) is 226 Å². The normalized spacial score (nSPS) is 16.7. The van der Waals surface area contributed by atoms with Gasteiger partial charge in [0.1, 0.15) is 0 Å².